The van der Waals surface area contributed by atoms with Gasteiger partial charge in [-0.3, -0.25) is 4.79 Å². The number of nitrogens with one attached hydrogen (secondary N) is 1. The molecule has 0 heterocycles. The number of amides is 1. The van der Waals surface area contributed by atoms with Crippen molar-refractivity contribution in [1.29, 1.82) is 0 Å². The third kappa shape index (κ3) is 3.72. The average molecular weight is 307 g/mol. The maximum Gasteiger partial charge on any atom is 0.265 e. The van der Waals surface area contributed by atoms with Gasteiger partial charge in [0, 0.05) is 11.8 Å². The normalized spacial score (nSPS) is 11.6. The van der Waals surface area contributed by atoms with Gasteiger partial charge in [-0.05, 0) is 31.2 Å². The molecule has 1 N–H and O–H groups in total. The van der Waals surface area contributed by atoms with Gasteiger partial charge in [-0.25, -0.2) is 8.78 Å². The van der Waals surface area contributed by atoms with Crippen LogP contribution in [-0.4, -0.2) is 19.1 Å². The highest BCUT2D eigenvalue weighted by molar-refractivity contribution is 5.94. The number of hydrogen-bond donors (Lipinski definition) is 1. The third-order valence-corrected chi connectivity index (χ3v) is 2.93. The van der Waals surface area contributed by atoms with Crippen molar-refractivity contribution < 1.29 is 23.0 Å². The Morgan fingerprint density at radius 1 is 1.09 bits per heavy atom. The SMILES string of the molecule is COc1ccccc1O[C@@H](C)C(=O)Nc1ccc(F)c(F)c1. The van der Waals surface area contributed by atoms with E-state index in [1.54, 1.807) is 31.2 Å². The number of benzene rings is 2. The van der Waals surface area contributed by atoms with Crippen molar-refractivity contribution >= 4 is 11.6 Å². The zero-order chi connectivity index (χ0) is 16.1. The molecule has 0 spiro atoms. The van der Waals surface area contributed by atoms with Crippen LogP contribution in [0.5, 0.6) is 11.5 Å². The summed E-state index contributed by atoms with van der Waals surface area (Å²) in [4.78, 5) is 12.0. The monoisotopic (exact) mass is 307 g/mol. The summed E-state index contributed by atoms with van der Waals surface area (Å²) in [6.45, 7) is 1.54. The van der Waals surface area contributed by atoms with Gasteiger partial charge in [-0.2, -0.15) is 0 Å². The smallest absolute Gasteiger partial charge is 0.265 e. The van der Waals surface area contributed by atoms with E-state index in [4.69, 9.17) is 9.47 Å². The van der Waals surface area contributed by atoms with Crippen LogP contribution in [0.2, 0.25) is 0 Å². The highest BCUT2D eigenvalue weighted by atomic mass is 19.2. The zero-order valence-electron chi connectivity index (χ0n) is 12.1. The van der Waals surface area contributed by atoms with E-state index in [-0.39, 0.29) is 5.69 Å². The topological polar surface area (TPSA) is 47.6 Å². The van der Waals surface area contributed by atoms with Crippen LogP contribution in [-0.2, 0) is 4.79 Å². The van der Waals surface area contributed by atoms with E-state index < -0.39 is 23.6 Å². The number of ether oxygens (including phenoxy) is 2. The second-order valence-corrected chi connectivity index (χ2v) is 4.53. The molecular weight excluding hydrogens is 292 g/mol. The standard InChI is InChI=1S/C16H15F2NO3/c1-10(22-15-6-4-3-5-14(15)21-2)16(20)19-11-7-8-12(17)13(18)9-11/h3-10H,1-2H3,(H,19,20)/t10-/m0/s1. The van der Waals surface area contributed by atoms with Gasteiger partial charge in [0.15, 0.2) is 29.2 Å². The van der Waals surface area contributed by atoms with Crippen LogP contribution in [0.1, 0.15) is 6.92 Å². The number of rotatable bonds is 5. The fraction of sp³-hybridized carbons (Fsp3) is 0.188. The maximum atomic E-state index is 13.1. The van der Waals surface area contributed by atoms with E-state index >= 15 is 0 Å². The second kappa shape index (κ2) is 6.89. The lowest BCUT2D eigenvalue weighted by molar-refractivity contribution is -0.122. The number of carbonyl (C=O) groups excluding carboxylic acids is 1. The van der Waals surface area contributed by atoms with Crippen molar-refractivity contribution in [2.24, 2.45) is 0 Å². The Morgan fingerprint density at radius 3 is 2.41 bits per heavy atom. The molecule has 2 aromatic carbocycles. The summed E-state index contributed by atoms with van der Waals surface area (Å²) in [6.07, 6.45) is -0.843. The van der Waals surface area contributed by atoms with Gasteiger partial charge < -0.3 is 14.8 Å². The number of halogens is 2. The Hall–Kier alpha value is -2.63. The van der Waals surface area contributed by atoms with Crippen molar-refractivity contribution in [3.05, 3.63) is 54.1 Å². The maximum absolute atomic E-state index is 13.1. The molecular formula is C16H15F2NO3. The third-order valence-electron chi connectivity index (χ3n) is 2.93. The Labute approximate surface area is 126 Å². The number of anilines is 1. The number of carbonyl (C=O) groups is 1. The van der Waals surface area contributed by atoms with Gasteiger partial charge in [0.05, 0.1) is 7.11 Å². The van der Waals surface area contributed by atoms with E-state index in [2.05, 4.69) is 5.32 Å². The second-order valence-electron chi connectivity index (χ2n) is 4.53. The van der Waals surface area contributed by atoms with Crippen LogP contribution in [0.4, 0.5) is 14.5 Å². The zero-order valence-corrected chi connectivity index (χ0v) is 12.1. The summed E-state index contributed by atoms with van der Waals surface area (Å²) >= 11 is 0. The predicted molar refractivity (Wildman–Crippen MR) is 78.1 cm³/mol. The fourth-order valence-corrected chi connectivity index (χ4v) is 1.78. The molecule has 0 aliphatic heterocycles. The number of para-hydroxylation sites is 2. The van der Waals surface area contributed by atoms with Gasteiger partial charge in [0.2, 0.25) is 0 Å². The molecule has 22 heavy (non-hydrogen) atoms. The Kier molecular flexibility index (Phi) is 4.93. The van der Waals surface area contributed by atoms with E-state index in [0.29, 0.717) is 11.5 Å². The van der Waals surface area contributed by atoms with Crippen molar-refractivity contribution in [3.63, 3.8) is 0 Å². The Balaban J connectivity index is 2.04. The van der Waals surface area contributed by atoms with Crippen molar-refractivity contribution in [3.8, 4) is 11.5 Å². The summed E-state index contributed by atoms with van der Waals surface area (Å²) in [6, 6.07) is 10.0. The van der Waals surface area contributed by atoms with Crippen LogP contribution in [0.25, 0.3) is 0 Å². The summed E-state index contributed by atoms with van der Waals surface area (Å²) in [5.41, 5.74) is 0.152. The Morgan fingerprint density at radius 2 is 1.77 bits per heavy atom. The molecule has 1 amide bonds. The summed E-state index contributed by atoms with van der Waals surface area (Å²) in [5, 5.41) is 2.46. The molecule has 0 aromatic heterocycles. The first-order valence-corrected chi connectivity index (χ1v) is 6.57. The minimum Gasteiger partial charge on any atom is -0.493 e. The number of hydrogen-bond acceptors (Lipinski definition) is 3. The molecule has 0 aliphatic carbocycles. The average Bonchev–Trinajstić information content (AvgIpc) is 2.51. The molecule has 2 aromatic rings. The largest absolute Gasteiger partial charge is 0.493 e. The minimum atomic E-state index is -1.03. The molecule has 6 heteroatoms. The summed E-state index contributed by atoms with van der Waals surface area (Å²) in [7, 11) is 1.49. The molecule has 0 fully saturated rings. The molecule has 0 bridgehead atoms. The molecule has 0 saturated carbocycles. The predicted octanol–water partition coefficient (Wildman–Crippen LogP) is 3.38. The van der Waals surface area contributed by atoms with Crippen LogP contribution in [0.15, 0.2) is 42.5 Å². The molecule has 0 saturated heterocycles. The van der Waals surface area contributed by atoms with Gasteiger partial charge in [-0.1, -0.05) is 12.1 Å². The van der Waals surface area contributed by atoms with E-state index in [0.717, 1.165) is 12.1 Å². The highest BCUT2D eigenvalue weighted by Crippen LogP contribution is 2.27. The molecule has 1 atom stereocenters. The first kappa shape index (κ1) is 15.8. The van der Waals surface area contributed by atoms with E-state index in [1.165, 1.54) is 13.2 Å². The van der Waals surface area contributed by atoms with Crippen LogP contribution in [0.3, 0.4) is 0 Å². The first-order valence-electron chi connectivity index (χ1n) is 6.57. The summed E-state index contributed by atoms with van der Waals surface area (Å²) < 4.78 is 36.6. The summed E-state index contributed by atoms with van der Waals surface area (Å²) in [5.74, 6) is -1.59. The lowest BCUT2D eigenvalue weighted by atomic mass is 10.2. The first-order chi connectivity index (χ1) is 10.5. The molecule has 116 valence electrons. The molecule has 0 unspecified atom stereocenters. The van der Waals surface area contributed by atoms with Gasteiger partial charge in [0.1, 0.15) is 0 Å². The quantitative estimate of drug-likeness (QED) is 0.921. The molecule has 0 radical (unpaired) electrons. The highest BCUT2D eigenvalue weighted by Gasteiger charge is 2.17. The van der Waals surface area contributed by atoms with Crippen LogP contribution >= 0.6 is 0 Å². The lowest BCUT2D eigenvalue weighted by Gasteiger charge is -2.16. The number of methoxy groups -OCH3 is 1. The van der Waals surface area contributed by atoms with E-state index in [1.807, 2.05) is 0 Å². The van der Waals surface area contributed by atoms with Gasteiger partial charge in [0.25, 0.3) is 5.91 Å². The minimum absolute atomic E-state index is 0.152. The molecule has 4 nitrogen and oxygen atoms in total. The molecule has 2 rings (SSSR count). The van der Waals surface area contributed by atoms with Crippen molar-refractivity contribution in [2.75, 3.05) is 12.4 Å². The van der Waals surface area contributed by atoms with Crippen molar-refractivity contribution in [1.82, 2.24) is 0 Å². The van der Waals surface area contributed by atoms with Gasteiger partial charge >= 0.3 is 0 Å². The fourth-order valence-electron chi connectivity index (χ4n) is 1.78. The van der Waals surface area contributed by atoms with Crippen LogP contribution in [0, 0.1) is 11.6 Å². The molecule has 0 aliphatic rings. The van der Waals surface area contributed by atoms with Crippen LogP contribution < -0.4 is 14.8 Å². The Bertz CT molecular complexity index is 676. The lowest BCUT2D eigenvalue weighted by Crippen LogP contribution is -2.30. The van der Waals surface area contributed by atoms with E-state index in [9.17, 15) is 13.6 Å². The van der Waals surface area contributed by atoms with Crippen molar-refractivity contribution in [2.45, 2.75) is 13.0 Å². The van der Waals surface area contributed by atoms with Gasteiger partial charge in [-0.15, -0.1) is 0 Å².